The van der Waals surface area contributed by atoms with Crippen LogP contribution in [-0.2, 0) is 14.3 Å². The van der Waals surface area contributed by atoms with Gasteiger partial charge in [0.25, 0.3) is 0 Å². The summed E-state index contributed by atoms with van der Waals surface area (Å²) in [7, 11) is 0. The summed E-state index contributed by atoms with van der Waals surface area (Å²) in [4.78, 5) is 36.8. The first-order valence-corrected chi connectivity index (χ1v) is 12.6. The molecule has 3 N–H and O–H groups in total. The summed E-state index contributed by atoms with van der Waals surface area (Å²) in [5.41, 5.74) is 4.67. The molecule has 2 aliphatic rings. The Bertz CT molecular complexity index is 1020. The number of amides is 2. The zero-order valence-electron chi connectivity index (χ0n) is 20.2. The van der Waals surface area contributed by atoms with Gasteiger partial charge < -0.3 is 20.5 Å². The molecule has 2 aromatic rings. The summed E-state index contributed by atoms with van der Waals surface area (Å²) in [5, 5.41) is 15.0. The van der Waals surface area contributed by atoms with E-state index in [0.717, 1.165) is 36.8 Å². The highest BCUT2D eigenvalue weighted by Gasteiger charge is 2.32. The third-order valence-corrected chi connectivity index (χ3v) is 7.17. The SMILES string of the molecule is CCCC[C@H](NC(=O)[C@@H]1CCC[C@@H](NC(=O)OCC2c3ccccc3-c3ccccc32)C1)C(=O)O. The molecule has 35 heavy (non-hydrogen) atoms. The second-order valence-corrected chi connectivity index (χ2v) is 9.57. The Hall–Kier alpha value is -3.35. The van der Waals surface area contributed by atoms with E-state index in [2.05, 4.69) is 34.9 Å². The van der Waals surface area contributed by atoms with Gasteiger partial charge in [-0.15, -0.1) is 0 Å². The predicted octanol–water partition coefficient (Wildman–Crippen LogP) is 4.84. The Morgan fingerprint density at radius 1 is 1.03 bits per heavy atom. The lowest BCUT2D eigenvalue weighted by molar-refractivity contribution is -0.143. The maximum atomic E-state index is 12.7. The van der Waals surface area contributed by atoms with E-state index in [1.165, 1.54) is 11.1 Å². The lowest BCUT2D eigenvalue weighted by Crippen LogP contribution is -2.47. The molecule has 1 saturated carbocycles. The van der Waals surface area contributed by atoms with Crippen LogP contribution in [0.25, 0.3) is 11.1 Å². The molecule has 186 valence electrons. The van der Waals surface area contributed by atoms with Gasteiger partial charge in [-0.05, 0) is 47.9 Å². The fraction of sp³-hybridized carbons (Fsp3) is 0.464. The molecule has 0 heterocycles. The molecular formula is C28H34N2O5. The van der Waals surface area contributed by atoms with E-state index in [4.69, 9.17) is 4.74 Å². The van der Waals surface area contributed by atoms with Crippen molar-refractivity contribution in [3.8, 4) is 11.1 Å². The summed E-state index contributed by atoms with van der Waals surface area (Å²) in [5.74, 6) is -1.57. The quantitative estimate of drug-likeness (QED) is 0.478. The van der Waals surface area contributed by atoms with E-state index in [-0.39, 0.29) is 30.4 Å². The van der Waals surface area contributed by atoms with E-state index in [1.807, 2.05) is 31.2 Å². The third kappa shape index (κ3) is 5.84. The van der Waals surface area contributed by atoms with Crippen molar-refractivity contribution < 1.29 is 24.2 Å². The van der Waals surface area contributed by atoms with Crippen molar-refractivity contribution in [2.75, 3.05) is 6.61 Å². The van der Waals surface area contributed by atoms with Crippen LogP contribution in [0, 0.1) is 5.92 Å². The second kappa shape index (κ2) is 11.4. The van der Waals surface area contributed by atoms with Crippen LogP contribution < -0.4 is 10.6 Å². The van der Waals surface area contributed by atoms with Crippen LogP contribution in [0.3, 0.4) is 0 Å². The number of rotatable bonds is 9. The van der Waals surface area contributed by atoms with Crippen LogP contribution in [0.15, 0.2) is 48.5 Å². The largest absolute Gasteiger partial charge is 0.480 e. The fourth-order valence-corrected chi connectivity index (χ4v) is 5.32. The zero-order valence-corrected chi connectivity index (χ0v) is 20.2. The monoisotopic (exact) mass is 478 g/mol. The Morgan fingerprint density at radius 2 is 1.69 bits per heavy atom. The summed E-state index contributed by atoms with van der Waals surface area (Å²) < 4.78 is 5.65. The van der Waals surface area contributed by atoms with Crippen molar-refractivity contribution in [1.82, 2.24) is 10.6 Å². The first kappa shape index (κ1) is 24.8. The van der Waals surface area contributed by atoms with E-state index >= 15 is 0 Å². The first-order chi connectivity index (χ1) is 17.0. The lowest BCUT2D eigenvalue weighted by atomic mass is 9.85. The van der Waals surface area contributed by atoms with Crippen molar-refractivity contribution in [3.63, 3.8) is 0 Å². The van der Waals surface area contributed by atoms with Crippen LogP contribution >= 0.6 is 0 Å². The molecule has 2 aromatic carbocycles. The van der Waals surface area contributed by atoms with Crippen molar-refractivity contribution in [2.24, 2.45) is 5.92 Å². The number of unbranched alkanes of at least 4 members (excludes halogenated alkanes) is 1. The van der Waals surface area contributed by atoms with Gasteiger partial charge in [0.1, 0.15) is 12.6 Å². The highest BCUT2D eigenvalue weighted by atomic mass is 16.5. The molecular weight excluding hydrogens is 444 g/mol. The Kier molecular flexibility index (Phi) is 8.06. The van der Waals surface area contributed by atoms with Gasteiger partial charge in [0.05, 0.1) is 0 Å². The Balaban J connectivity index is 1.30. The summed E-state index contributed by atoms with van der Waals surface area (Å²) in [6.07, 6.45) is 4.29. The smallest absolute Gasteiger partial charge is 0.407 e. The maximum Gasteiger partial charge on any atom is 0.407 e. The number of fused-ring (bicyclic) bond motifs is 3. The number of carbonyl (C=O) groups is 3. The van der Waals surface area contributed by atoms with Crippen molar-refractivity contribution in [2.45, 2.75) is 69.9 Å². The fourth-order valence-electron chi connectivity index (χ4n) is 5.32. The number of hydrogen-bond donors (Lipinski definition) is 3. The number of nitrogens with one attached hydrogen (secondary N) is 2. The number of carboxylic acid groups (broad SMARTS) is 1. The molecule has 7 nitrogen and oxygen atoms in total. The van der Waals surface area contributed by atoms with E-state index in [0.29, 0.717) is 19.3 Å². The van der Waals surface area contributed by atoms with E-state index in [9.17, 15) is 19.5 Å². The normalized spacial score (nSPS) is 19.8. The van der Waals surface area contributed by atoms with Crippen LogP contribution in [0.4, 0.5) is 4.79 Å². The van der Waals surface area contributed by atoms with Gasteiger partial charge in [-0.1, -0.05) is 74.7 Å². The van der Waals surface area contributed by atoms with Gasteiger partial charge in [0.2, 0.25) is 5.91 Å². The molecule has 0 spiro atoms. The molecule has 3 atom stereocenters. The van der Waals surface area contributed by atoms with Crippen molar-refractivity contribution in [3.05, 3.63) is 59.7 Å². The highest BCUT2D eigenvalue weighted by molar-refractivity contribution is 5.85. The number of carboxylic acids is 1. The first-order valence-electron chi connectivity index (χ1n) is 12.6. The number of carbonyl (C=O) groups excluding carboxylic acids is 2. The summed E-state index contributed by atoms with van der Waals surface area (Å²) in [6, 6.07) is 15.4. The molecule has 0 aliphatic heterocycles. The Morgan fingerprint density at radius 3 is 2.31 bits per heavy atom. The summed E-state index contributed by atoms with van der Waals surface area (Å²) in [6.45, 7) is 2.23. The van der Waals surface area contributed by atoms with Crippen LogP contribution in [0.2, 0.25) is 0 Å². The molecule has 0 radical (unpaired) electrons. The van der Waals surface area contributed by atoms with E-state index < -0.39 is 18.1 Å². The molecule has 0 unspecified atom stereocenters. The summed E-state index contributed by atoms with van der Waals surface area (Å²) >= 11 is 0. The average molecular weight is 479 g/mol. The molecule has 0 aromatic heterocycles. The van der Waals surface area contributed by atoms with Crippen LogP contribution in [-0.4, -0.2) is 41.8 Å². The average Bonchev–Trinajstić information content (AvgIpc) is 3.19. The molecule has 0 bridgehead atoms. The minimum absolute atomic E-state index is 0.00546. The number of ether oxygens (including phenoxy) is 1. The van der Waals surface area contributed by atoms with Gasteiger partial charge >= 0.3 is 12.1 Å². The third-order valence-electron chi connectivity index (χ3n) is 7.17. The van der Waals surface area contributed by atoms with E-state index in [1.54, 1.807) is 0 Å². The van der Waals surface area contributed by atoms with Crippen LogP contribution in [0.5, 0.6) is 0 Å². The molecule has 1 fully saturated rings. The predicted molar refractivity (Wildman–Crippen MR) is 133 cm³/mol. The molecule has 2 aliphatic carbocycles. The topological polar surface area (TPSA) is 105 Å². The molecule has 0 saturated heterocycles. The second-order valence-electron chi connectivity index (χ2n) is 9.57. The number of hydrogen-bond acceptors (Lipinski definition) is 4. The van der Waals surface area contributed by atoms with Gasteiger partial charge in [-0.3, -0.25) is 4.79 Å². The molecule has 4 rings (SSSR count). The number of alkyl carbamates (subject to hydrolysis) is 1. The van der Waals surface area contributed by atoms with Gasteiger partial charge in [0, 0.05) is 17.9 Å². The minimum Gasteiger partial charge on any atom is -0.480 e. The maximum absolute atomic E-state index is 12.7. The van der Waals surface area contributed by atoms with Crippen LogP contribution in [0.1, 0.15) is 68.9 Å². The Labute approximate surface area is 206 Å². The van der Waals surface area contributed by atoms with Gasteiger partial charge in [-0.2, -0.15) is 0 Å². The highest BCUT2D eigenvalue weighted by Crippen LogP contribution is 2.44. The number of benzene rings is 2. The molecule has 2 amide bonds. The van der Waals surface area contributed by atoms with Gasteiger partial charge in [-0.25, -0.2) is 9.59 Å². The van der Waals surface area contributed by atoms with Crippen molar-refractivity contribution >= 4 is 18.0 Å². The molecule has 7 heteroatoms. The van der Waals surface area contributed by atoms with Crippen molar-refractivity contribution in [1.29, 1.82) is 0 Å². The minimum atomic E-state index is -1.00. The van der Waals surface area contributed by atoms with Gasteiger partial charge in [0.15, 0.2) is 0 Å². The standard InChI is InChI=1S/C28H34N2O5/c1-2-3-15-25(27(32)33)30-26(31)18-9-8-10-19(16-18)29-28(34)35-17-24-22-13-6-4-11-20(22)21-12-5-7-14-23(21)24/h4-7,11-14,18-19,24-25H,2-3,8-10,15-17H2,1H3,(H,29,34)(H,30,31)(H,32,33)/t18-,19-,25+/m1/s1. The number of aliphatic carboxylic acids is 1. The zero-order chi connectivity index (χ0) is 24.8. The lowest BCUT2D eigenvalue weighted by Gasteiger charge is -2.29.